The molecule has 1 aliphatic carbocycles. The summed E-state index contributed by atoms with van der Waals surface area (Å²) in [6.07, 6.45) is 4.00. The lowest BCUT2D eigenvalue weighted by molar-refractivity contribution is 0.0559. The van der Waals surface area contributed by atoms with Crippen molar-refractivity contribution in [2.45, 2.75) is 31.9 Å². The Morgan fingerprint density at radius 1 is 1.26 bits per heavy atom. The minimum Gasteiger partial charge on any atom is -0.421 e. The molecular weight excluding hydrogens is 458 g/mol. The van der Waals surface area contributed by atoms with E-state index in [-0.39, 0.29) is 34.4 Å². The number of aliphatic hydroxyl groups is 1. The monoisotopic (exact) mass is 482 g/mol. The zero-order chi connectivity index (χ0) is 24.5. The van der Waals surface area contributed by atoms with E-state index in [4.69, 9.17) is 10.5 Å². The Labute approximate surface area is 198 Å². The minimum absolute atomic E-state index is 0.00167. The fourth-order valence-electron chi connectivity index (χ4n) is 5.01. The van der Waals surface area contributed by atoms with E-state index in [1.54, 1.807) is 14.0 Å². The molecule has 1 saturated heterocycles. The number of rotatable bonds is 5. The van der Waals surface area contributed by atoms with Gasteiger partial charge >= 0.3 is 6.01 Å². The number of H-pyrrole nitrogens is 1. The van der Waals surface area contributed by atoms with Gasteiger partial charge in [0.1, 0.15) is 17.6 Å². The highest BCUT2D eigenvalue weighted by atomic mass is 19.2. The summed E-state index contributed by atoms with van der Waals surface area (Å²) in [4.78, 5) is 22.3. The van der Waals surface area contributed by atoms with E-state index in [9.17, 15) is 9.50 Å². The number of ether oxygens (including phenoxy) is 1. The fraction of sp³-hybridized carbons (Fsp3) is 0.391. The lowest BCUT2D eigenvalue weighted by Crippen LogP contribution is -2.69. The van der Waals surface area contributed by atoms with E-state index in [2.05, 4.69) is 30.2 Å². The summed E-state index contributed by atoms with van der Waals surface area (Å²) >= 11 is 0. The Morgan fingerprint density at radius 3 is 2.60 bits per heavy atom. The molecule has 182 valence electrons. The van der Waals surface area contributed by atoms with E-state index in [1.807, 2.05) is 4.90 Å². The lowest BCUT2D eigenvalue weighted by atomic mass is 9.60. The van der Waals surface area contributed by atoms with E-state index in [0.717, 1.165) is 18.9 Å². The molecule has 12 heteroatoms. The van der Waals surface area contributed by atoms with Crippen molar-refractivity contribution in [1.82, 2.24) is 24.9 Å². The Morgan fingerprint density at radius 2 is 2.00 bits per heavy atom. The van der Waals surface area contributed by atoms with Crippen LogP contribution >= 0.6 is 0 Å². The molecule has 1 aromatic carbocycles. The highest BCUT2D eigenvalue weighted by Gasteiger charge is 2.54. The van der Waals surface area contributed by atoms with Crippen LogP contribution in [0.4, 0.5) is 20.3 Å². The number of nitrogens with one attached hydrogen (secondary N) is 2. The van der Waals surface area contributed by atoms with Crippen LogP contribution in [0.1, 0.15) is 31.7 Å². The number of hydrogen-bond acceptors (Lipinski definition) is 9. The van der Waals surface area contributed by atoms with Crippen molar-refractivity contribution in [3.05, 3.63) is 35.9 Å². The lowest BCUT2D eigenvalue weighted by Gasteiger charge is -2.60. The third kappa shape index (κ3) is 3.27. The largest absolute Gasteiger partial charge is 0.421 e. The molecule has 2 fully saturated rings. The predicted octanol–water partition coefficient (Wildman–Crippen LogP) is 2.99. The third-order valence-electron chi connectivity index (χ3n) is 7.13. The molecule has 10 nitrogen and oxygen atoms in total. The van der Waals surface area contributed by atoms with Crippen molar-refractivity contribution in [2.75, 3.05) is 30.4 Å². The van der Waals surface area contributed by atoms with Crippen LogP contribution < -0.4 is 20.7 Å². The second kappa shape index (κ2) is 7.68. The van der Waals surface area contributed by atoms with Crippen LogP contribution in [0.3, 0.4) is 0 Å². The minimum atomic E-state index is -0.971. The van der Waals surface area contributed by atoms with Crippen molar-refractivity contribution in [3.8, 4) is 11.8 Å². The second-order valence-corrected chi connectivity index (χ2v) is 9.32. The highest BCUT2D eigenvalue weighted by Crippen LogP contribution is 2.50. The molecule has 4 heterocycles. The topological polar surface area (TPSA) is 138 Å². The van der Waals surface area contributed by atoms with Crippen molar-refractivity contribution >= 4 is 33.4 Å². The molecule has 2 unspecified atom stereocenters. The van der Waals surface area contributed by atoms with Gasteiger partial charge in [-0.15, -0.1) is 0 Å². The van der Waals surface area contributed by atoms with Gasteiger partial charge in [0.25, 0.3) is 0 Å². The van der Waals surface area contributed by atoms with Gasteiger partial charge < -0.3 is 30.8 Å². The number of aromatic nitrogens is 5. The van der Waals surface area contributed by atoms with Crippen LogP contribution in [0, 0.1) is 17.0 Å². The normalized spacial score (nSPS) is 19.6. The van der Waals surface area contributed by atoms with Gasteiger partial charge in [-0.3, -0.25) is 0 Å². The molecule has 2 aliphatic rings. The average molecular weight is 482 g/mol. The maximum atomic E-state index is 15.1. The number of hydrogen-bond donors (Lipinski definition) is 4. The number of benzene rings is 1. The summed E-state index contributed by atoms with van der Waals surface area (Å²) in [5.74, 6) is -0.976. The van der Waals surface area contributed by atoms with E-state index in [1.165, 1.54) is 12.4 Å². The van der Waals surface area contributed by atoms with Gasteiger partial charge in [0.05, 0.1) is 34.4 Å². The first-order valence-electron chi connectivity index (χ1n) is 11.4. The molecule has 0 radical (unpaired) electrons. The summed E-state index contributed by atoms with van der Waals surface area (Å²) in [7, 11) is 1.63. The number of aliphatic hydroxyl groups excluding tert-OH is 1. The molecule has 3 aromatic heterocycles. The smallest absolute Gasteiger partial charge is 0.326 e. The Kier molecular flexibility index (Phi) is 4.80. The molecule has 0 amide bonds. The maximum Gasteiger partial charge on any atom is 0.326 e. The molecule has 2 atom stereocenters. The number of nitrogens with two attached hydrogens (primary N) is 1. The molecule has 1 saturated carbocycles. The van der Waals surface area contributed by atoms with Crippen LogP contribution in [0.5, 0.6) is 11.8 Å². The van der Waals surface area contributed by atoms with Crippen LogP contribution in [0.25, 0.3) is 21.9 Å². The zero-order valence-corrected chi connectivity index (χ0v) is 19.1. The molecule has 1 spiro atoms. The van der Waals surface area contributed by atoms with Gasteiger partial charge in [0, 0.05) is 37.7 Å². The quantitative estimate of drug-likeness (QED) is 0.338. The first kappa shape index (κ1) is 21.9. The average Bonchev–Trinajstić information content (AvgIpc) is 3.19. The maximum absolute atomic E-state index is 15.1. The molecule has 35 heavy (non-hydrogen) atoms. The zero-order valence-electron chi connectivity index (χ0n) is 19.1. The fourth-order valence-corrected chi connectivity index (χ4v) is 5.01. The molecule has 1 aliphatic heterocycles. The van der Waals surface area contributed by atoms with Gasteiger partial charge in [-0.1, -0.05) is 0 Å². The Bertz CT molecular complexity index is 1450. The number of anilines is 2. The van der Waals surface area contributed by atoms with Crippen molar-refractivity contribution in [3.63, 3.8) is 0 Å². The van der Waals surface area contributed by atoms with E-state index >= 15 is 4.39 Å². The summed E-state index contributed by atoms with van der Waals surface area (Å²) < 4.78 is 35.4. The number of nitrogens with zero attached hydrogens (tertiary/aromatic N) is 5. The molecule has 4 aromatic rings. The molecule has 5 N–H and O–H groups in total. The van der Waals surface area contributed by atoms with Crippen LogP contribution in [-0.2, 0) is 0 Å². The van der Waals surface area contributed by atoms with Gasteiger partial charge in [-0.05, 0) is 19.8 Å². The SMILES string of the molecule is CNc1cc(F)c(F)c2c1[nH]c1nc(Oc3cnc(C(C)O)nc3)nc(N3CC4(CCC4N)C3)c12. The van der Waals surface area contributed by atoms with Crippen LogP contribution in [0.15, 0.2) is 18.5 Å². The van der Waals surface area contributed by atoms with E-state index < -0.39 is 17.7 Å². The number of halogens is 2. The number of aromatic amines is 1. The molecule has 0 bridgehead atoms. The summed E-state index contributed by atoms with van der Waals surface area (Å²) in [5, 5.41) is 13.0. The van der Waals surface area contributed by atoms with Gasteiger partial charge in [0.2, 0.25) is 0 Å². The summed E-state index contributed by atoms with van der Waals surface area (Å²) in [5.41, 5.74) is 7.36. The van der Waals surface area contributed by atoms with Crippen molar-refractivity contribution in [2.24, 2.45) is 11.1 Å². The number of fused-ring (bicyclic) bond motifs is 3. The van der Waals surface area contributed by atoms with Crippen LogP contribution in [0.2, 0.25) is 0 Å². The predicted molar refractivity (Wildman–Crippen MR) is 125 cm³/mol. The van der Waals surface area contributed by atoms with E-state index in [0.29, 0.717) is 41.1 Å². The highest BCUT2D eigenvalue weighted by molar-refractivity contribution is 6.15. The van der Waals surface area contributed by atoms with Gasteiger partial charge in [-0.2, -0.15) is 9.97 Å². The molecular formula is C23H24F2N8O2. The second-order valence-electron chi connectivity index (χ2n) is 9.32. The van der Waals surface area contributed by atoms with Crippen LogP contribution in [-0.4, -0.2) is 56.2 Å². The third-order valence-corrected chi connectivity index (χ3v) is 7.13. The molecule has 6 rings (SSSR count). The summed E-state index contributed by atoms with van der Waals surface area (Å²) in [6, 6.07) is 1.22. The summed E-state index contributed by atoms with van der Waals surface area (Å²) in [6.45, 7) is 2.88. The first-order chi connectivity index (χ1) is 16.8. The Hall–Kier alpha value is -3.64. The van der Waals surface area contributed by atoms with Gasteiger partial charge in [0.15, 0.2) is 23.2 Å². The van der Waals surface area contributed by atoms with Crippen molar-refractivity contribution in [1.29, 1.82) is 0 Å². The van der Waals surface area contributed by atoms with Crippen molar-refractivity contribution < 1.29 is 18.6 Å². The van der Waals surface area contributed by atoms with Gasteiger partial charge in [-0.25, -0.2) is 18.7 Å². The standard InChI is InChI=1S/C23H24F2N8O2/c1-10(34)19-28-6-11(7-29-19)35-22-31-20-16(15-17(25)12(24)5-13(27-2)18(15)30-20)21(32-22)33-8-23(9-33)4-3-14(23)26/h5-7,10,14,27,34H,3-4,8-9,26H2,1-2H3,(H,30,31,32). The Balaban J connectivity index is 1.49. The first-order valence-corrected chi connectivity index (χ1v) is 11.4.